The average Bonchev–Trinajstić information content (AvgIpc) is 2.86. The van der Waals surface area contributed by atoms with Gasteiger partial charge in [-0.3, -0.25) is 19.7 Å². The minimum atomic E-state index is -0.0385. The van der Waals surface area contributed by atoms with Crippen LogP contribution in [0.3, 0.4) is 0 Å². The fraction of sp³-hybridized carbons (Fsp3) is 0.111. The molecule has 0 bridgehead atoms. The van der Waals surface area contributed by atoms with Crippen LogP contribution in [0.15, 0.2) is 97.3 Å². The van der Waals surface area contributed by atoms with E-state index >= 15 is 0 Å². The Balaban J connectivity index is 1.44. The van der Waals surface area contributed by atoms with Gasteiger partial charge in [-0.2, -0.15) is 0 Å². The Bertz CT molecular complexity index is 1380. The number of benzene rings is 3. The van der Waals surface area contributed by atoms with Crippen molar-refractivity contribution >= 4 is 27.8 Å². The summed E-state index contributed by atoms with van der Waals surface area (Å²) in [7, 11) is 0. The zero-order valence-corrected chi connectivity index (χ0v) is 17.6. The number of carbonyl (C=O) groups is 1. The number of nitrogens with zero attached hydrogens (tertiary/aromatic N) is 4. The highest BCUT2D eigenvalue weighted by Gasteiger charge is 2.18. The number of carbonyl (C=O) groups excluding carboxylic acids is 1. The number of para-hydroxylation sites is 1. The van der Waals surface area contributed by atoms with E-state index in [2.05, 4.69) is 28.2 Å². The van der Waals surface area contributed by atoms with Crippen molar-refractivity contribution in [2.75, 3.05) is 6.54 Å². The minimum Gasteiger partial charge on any atom is -0.332 e. The lowest BCUT2D eigenvalue weighted by molar-refractivity contribution is 0.0743. The van der Waals surface area contributed by atoms with E-state index < -0.39 is 0 Å². The van der Waals surface area contributed by atoms with Crippen molar-refractivity contribution < 1.29 is 4.79 Å². The van der Waals surface area contributed by atoms with Crippen LogP contribution in [0.2, 0.25) is 0 Å². The molecule has 5 rings (SSSR count). The number of hydrogen-bond donors (Lipinski definition) is 0. The van der Waals surface area contributed by atoms with E-state index in [1.165, 1.54) is 5.56 Å². The van der Waals surface area contributed by atoms with E-state index in [0.29, 0.717) is 24.2 Å². The first-order chi connectivity index (χ1) is 15.8. The van der Waals surface area contributed by atoms with Crippen LogP contribution in [0, 0.1) is 0 Å². The molecule has 0 unspecified atom stereocenters. The van der Waals surface area contributed by atoms with E-state index in [1.807, 2.05) is 71.6 Å². The average molecular weight is 419 g/mol. The molecule has 32 heavy (non-hydrogen) atoms. The van der Waals surface area contributed by atoms with Crippen molar-refractivity contribution in [1.82, 2.24) is 19.9 Å². The molecule has 5 heteroatoms. The number of amides is 1. The molecule has 0 fully saturated rings. The van der Waals surface area contributed by atoms with Gasteiger partial charge in [-0.05, 0) is 42.3 Å². The van der Waals surface area contributed by atoms with Crippen molar-refractivity contribution in [2.24, 2.45) is 0 Å². The molecule has 0 N–H and O–H groups in total. The molecule has 0 aliphatic carbocycles. The second-order valence-corrected chi connectivity index (χ2v) is 7.72. The Labute approximate surface area is 186 Å². The van der Waals surface area contributed by atoms with Crippen LogP contribution >= 0.6 is 0 Å². The molecule has 1 amide bonds. The third-order valence-corrected chi connectivity index (χ3v) is 5.53. The van der Waals surface area contributed by atoms with Gasteiger partial charge in [0, 0.05) is 29.9 Å². The lowest BCUT2D eigenvalue weighted by Crippen LogP contribution is -2.32. The summed E-state index contributed by atoms with van der Waals surface area (Å²) in [4.78, 5) is 28.8. The standard InChI is InChI=1S/C27H22N4O/c32-27(22-11-13-25-26(18-22)29-16-15-28-25)31(17-14-20-6-2-1-3-7-20)19-23-12-10-21-8-4-5-9-24(21)30-23/h1-13,15-16,18H,14,17,19H2. The first kappa shape index (κ1) is 19.8. The van der Waals surface area contributed by atoms with Crippen LogP contribution < -0.4 is 0 Å². The van der Waals surface area contributed by atoms with E-state index in [1.54, 1.807) is 12.4 Å². The van der Waals surface area contributed by atoms with Crippen molar-refractivity contribution in [3.63, 3.8) is 0 Å². The normalized spacial score (nSPS) is 11.0. The summed E-state index contributed by atoms with van der Waals surface area (Å²) in [6.45, 7) is 1.03. The molecule has 0 spiro atoms. The van der Waals surface area contributed by atoms with Crippen LogP contribution in [0.5, 0.6) is 0 Å². The molecular formula is C27H22N4O. The summed E-state index contributed by atoms with van der Waals surface area (Å²) in [5, 5.41) is 1.09. The van der Waals surface area contributed by atoms with Gasteiger partial charge >= 0.3 is 0 Å². The monoisotopic (exact) mass is 418 g/mol. The van der Waals surface area contributed by atoms with E-state index in [-0.39, 0.29) is 5.91 Å². The molecule has 0 saturated heterocycles. The molecule has 5 nitrogen and oxygen atoms in total. The summed E-state index contributed by atoms with van der Waals surface area (Å²) < 4.78 is 0. The fourth-order valence-electron chi connectivity index (χ4n) is 3.83. The van der Waals surface area contributed by atoms with Crippen LogP contribution in [0.1, 0.15) is 21.6 Å². The molecule has 2 heterocycles. The molecule has 156 valence electrons. The van der Waals surface area contributed by atoms with Gasteiger partial charge in [0.2, 0.25) is 0 Å². The van der Waals surface area contributed by atoms with Crippen LogP contribution in [0.4, 0.5) is 0 Å². The maximum absolute atomic E-state index is 13.5. The van der Waals surface area contributed by atoms with Gasteiger partial charge in [0.05, 0.1) is 28.8 Å². The number of aromatic nitrogens is 3. The smallest absolute Gasteiger partial charge is 0.254 e. The minimum absolute atomic E-state index is 0.0385. The van der Waals surface area contributed by atoms with Crippen molar-refractivity contribution in [2.45, 2.75) is 13.0 Å². The maximum Gasteiger partial charge on any atom is 0.254 e. The molecular weight excluding hydrogens is 396 g/mol. The summed E-state index contributed by atoms with van der Waals surface area (Å²) >= 11 is 0. The number of fused-ring (bicyclic) bond motifs is 2. The highest BCUT2D eigenvalue weighted by Crippen LogP contribution is 2.17. The quantitative estimate of drug-likeness (QED) is 0.387. The fourth-order valence-corrected chi connectivity index (χ4v) is 3.83. The van der Waals surface area contributed by atoms with Gasteiger partial charge in [0.1, 0.15) is 0 Å². The topological polar surface area (TPSA) is 59.0 Å². The highest BCUT2D eigenvalue weighted by atomic mass is 16.2. The van der Waals surface area contributed by atoms with Gasteiger partial charge < -0.3 is 4.90 Å². The second kappa shape index (κ2) is 8.94. The number of rotatable bonds is 6. The molecule has 2 aromatic heterocycles. The third-order valence-electron chi connectivity index (χ3n) is 5.53. The zero-order chi connectivity index (χ0) is 21.8. The Morgan fingerprint density at radius 3 is 2.41 bits per heavy atom. The number of hydrogen-bond acceptors (Lipinski definition) is 4. The van der Waals surface area contributed by atoms with E-state index in [0.717, 1.165) is 28.5 Å². The first-order valence-corrected chi connectivity index (χ1v) is 10.6. The number of pyridine rings is 1. The Morgan fingerprint density at radius 2 is 1.53 bits per heavy atom. The second-order valence-electron chi connectivity index (χ2n) is 7.72. The zero-order valence-electron chi connectivity index (χ0n) is 17.6. The van der Waals surface area contributed by atoms with Gasteiger partial charge in [0.15, 0.2) is 0 Å². The molecule has 0 aliphatic heterocycles. The predicted molar refractivity (Wildman–Crippen MR) is 126 cm³/mol. The summed E-state index contributed by atoms with van der Waals surface area (Å²) in [5.74, 6) is -0.0385. The summed E-state index contributed by atoms with van der Waals surface area (Å²) in [6, 6.07) is 27.8. The molecule has 0 aliphatic rings. The molecule has 0 saturated carbocycles. The lowest BCUT2D eigenvalue weighted by atomic mass is 10.1. The predicted octanol–water partition coefficient (Wildman–Crippen LogP) is 5.06. The Hall–Kier alpha value is -4.12. The molecule has 3 aromatic carbocycles. The molecule has 5 aromatic rings. The summed E-state index contributed by atoms with van der Waals surface area (Å²) in [6.07, 6.45) is 4.07. The van der Waals surface area contributed by atoms with Gasteiger partial charge in [-0.25, -0.2) is 0 Å². The molecule has 0 atom stereocenters. The lowest BCUT2D eigenvalue weighted by Gasteiger charge is -2.23. The van der Waals surface area contributed by atoms with Crippen LogP contribution in [-0.2, 0) is 13.0 Å². The SMILES string of the molecule is O=C(c1ccc2nccnc2c1)N(CCc1ccccc1)Cc1ccc2ccccc2n1. The van der Waals surface area contributed by atoms with E-state index in [9.17, 15) is 4.79 Å². The van der Waals surface area contributed by atoms with Crippen molar-refractivity contribution in [1.29, 1.82) is 0 Å². The van der Waals surface area contributed by atoms with Gasteiger partial charge in [0.25, 0.3) is 5.91 Å². The van der Waals surface area contributed by atoms with E-state index in [4.69, 9.17) is 4.98 Å². The van der Waals surface area contributed by atoms with Crippen LogP contribution in [0.25, 0.3) is 21.9 Å². The Morgan fingerprint density at radius 1 is 0.750 bits per heavy atom. The molecule has 0 radical (unpaired) electrons. The van der Waals surface area contributed by atoms with Crippen molar-refractivity contribution in [3.8, 4) is 0 Å². The third kappa shape index (κ3) is 4.32. The van der Waals surface area contributed by atoms with Gasteiger partial charge in [-0.1, -0.05) is 54.6 Å². The Kier molecular flexibility index (Phi) is 5.54. The maximum atomic E-state index is 13.5. The van der Waals surface area contributed by atoms with Gasteiger partial charge in [-0.15, -0.1) is 0 Å². The first-order valence-electron chi connectivity index (χ1n) is 10.6. The van der Waals surface area contributed by atoms with Crippen molar-refractivity contribution in [3.05, 3.63) is 114 Å². The largest absolute Gasteiger partial charge is 0.332 e. The summed E-state index contributed by atoms with van der Waals surface area (Å²) in [5.41, 5.74) is 5.08. The van der Waals surface area contributed by atoms with Crippen LogP contribution in [-0.4, -0.2) is 32.3 Å². The highest BCUT2D eigenvalue weighted by molar-refractivity contribution is 5.97.